The van der Waals surface area contributed by atoms with Gasteiger partial charge in [-0.3, -0.25) is 4.79 Å². The van der Waals surface area contributed by atoms with E-state index in [-0.39, 0.29) is 5.78 Å². The van der Waals surface area contributed by atoms with Crippen LogP contribution in [0.25, 0.3) is 0 Å². The maximum absolute atomic E-state index is 11.4. The van der Waals surface area contributed by atoms with Gasteiger partial charge in [0.05, 0.1) is 0 Å². The zero-order valence-corrected chi connectivity index (χ0v) is 9.83. The van der Waals surface area contributed by atoms with E-state index in [2.05, 4.69) is 18.8 Å². The van der Waals surface area contributed by atoms with Crippen molar-refractivity contribution in [1.82, 2.24) is 0 Å². The molecule has 0 atom stereocenters. The predicted octanol–water partition coefficient (Wildman–Crippen LogP) is 3.58. The highest BCUT2D eigenvalue weighted by atomic mass is 16.1. The van der Waals surface area contributed by atoms with E-state index < -0.39 is 0 Å². The molecule has 0 radical (unpaired) electrons. The molecular formula is C15H18O. The number of carbonyl (C=O) groups excluding carboxylic acids is 1. The third-order valence-corrected chi connectivity index (χ3v) is 2.38. The van der Waals surface area contributed by atoms with Crippen LogP contribution in [0.5, 0.6) is 0 Å². The van der Waals surface area contributed by atoms with Gasteiger partial charge in [-0.05, 0) is 24.5 Å². The molecule has 0 aliphatic rings. The molecule has 0 unspecified atom stereocenters. The van der Waals surface area contributed by atoms with Gasteiger partial charge in [0.1, 0.15) is 0 Å². The summed E-state index contributed by atoms with van der Waals surface area (Å²) in [7, 11) is 0. The predicted molar refractivity (Wildman–Crippen MR) is 67.1 cm³/mol. The van der Waals surface area contributed by atoms with E-state index in [0.717, 1.165) is 18.4 Å². The number of unbranched alkanes of at least 4 members (excludes halogenated alkanes) is 3. The molecule has 0 aromatic heterocycles. The fourth-order valence-corrected chi connectivity index (χ4v) is 1.44. The molecule has 0 fully saturated rings. The lowest BCUT2D eigenvalue weighted by molar-refractivity contribution is -0.113. The molecule has 0 bridgehead atoms. The first-order valence-electron chi connectivity index (χ1n) is 5.93. The van der Waals surface area contributed by atoms with Crippen molar-refractivity contribution in [3.05, 3.63) is 35.9 Å². The lowest BCUT2D eigenvalue weighted by Crippen LogP contribution is -1.93. The van der Waals surface area contributed by atoms with Gasteiger partial charge in [-0.1, -0.05) is 50.3 Å². The summed E-state index contributed by atoms with van der Waals surface area (Å²) in [6, 6.07) is 9.62. The highest BCUT2D eigenvalue weighted by molar-refractivity contribution is 5.95. The molecule has 0 saturated carbocycles. The van der Waals surface area contributed by atoms with Crippen LogP contribution in [0.1, 0.15) is 44.6 Å². The molecule has 0 aliphatic heterocycles. The summed E-state index contributed by atoms with van der Waals surface area (Å²) in [6.45, 7) is 2.16. The number of carbonyl (C=O) groups is 1. The molecule has 0 N–H and O–H groups in total. The van der Waals surface area contributed by atoms with Gasteiger partial charge in [-0.2, -0.15) is 0 Å². The van der Waals surface area contributed by atoms with Crippen LogP contribution in [0.3, 0.4) is 0 Å². The molecule has 1 rings (SSSR count). The molecule has 0 saturated heterocycles. The monoisotopic (exact) mass is 214 g/mol. The SMILES string of the molecule is CCCCCCC(=O)C#Cc1ccccc1. The van der Waals surface area contributed by atoms with Gasteiger partial charge in [0, 0.05) is 12.0 Å². The van der Waals surface area contributed by atoms with Crippen LogP contribution in [0, 0.1) is 11.8 Å². The Hall–Kier alpha value is -1.55. The summed E-state index contributed by atoms with van der Waals surface area (Å²) in [4.78, 5) is 11.4. The Kier molecular flexibility index (Phi) is 6.03. The molecule has 1 nitrogen and oxygen atoms in total. The molecule has 1 heteroatoms. The van der Waals surface area contributed by atoms with Gasteiger partial charge in [-0.25, -0.2) is 0 Å². The number of rotatable bonds is 5. The van der Waals surface area contributed by atoms with E-state index in [4.69, 9.17) is 0 Å². The Morgan fingerprint density at radius 2 is 1.88 bits per heavy atom. The fourth-order valence-electron chi connectivity index (χ4n) is 1.44. The van der Waals surface area contributed by atoms with Gasteiger partial charge >= 0.3 is 0 Å². The molecule has 1 aromatic carbocycles. The van der Waals surface area contributed by atoms with Crippen molar-refractivity contribution in [3.63, 3.8) is 0 Å². The van der Waals surface area contributed by atoms with E-state index in [1.54, 1.807) is 0 Å². The Balaban J connectivity index is 2.32. The number of ketones is 1. The number of hydrogen-bond acceptors (Lipinski definition) is 1. The summed E-state index contributed by atoms with van der Waals surface area (Å²) < 4.78 is 0. The Bertz CT molecular complexity index is 367. The molecule has 0 heterocycles. The summed E-state index contributed by atoms with van der Waals surface area (Å²) in [5, 5.41) is 0. The number of Topliss-reactive ketones (excluding diaryl/α,β-unsaturated/α-hetero) is 1. The van der Waals surface area contributed by atoms with Gasteiger partial charge < -0.3 is 0 Å². The molecule has 0 spiro atoms. The molecule has 0 amide bonds. The average Bonchev–Trinajstić information content (AvgIpc) is 2.33. The van der Waals surface area contributed by atoms with Crippen molar-refractivity contribution in [2.45, 2.75) is 39.0 Å². The van der Waals surface area contributed by atoms with Crippen LogP contribution in [0.4, 0.5) is 0 Å². The molecular weight excluding hydrogens is 196 g/mol. The van der Waals surface area contributed by atoms with Crippen molar-refractivity contribution < 1.29 is 4.79 Å². The fraction of sp³-hybridized carbons (Fsp3) is 0.400. The van der Waals surface area contributed by atoms with Gasteiger partial charge in [-0.15, -0.1) is 0 Å². The molecule has 16 heavy (non-hydrogen) atoms. The zero-order chi connectivity index (χ0) is 11.6. The minimum atomic E-state index is 0.0555. The summed E-state index contributed by atoms with van der Waals surface area (Å²) in [6.07, 6.45) is 5.11. The van der Waals surface area contributed by atoms with Crippen LogP contribution in [0.15, 0.2) is 30.3 Å². The molecule has 1 aromatic rings. The Morgan fingerprint density at radius 3 is 2.56 bits per heavy atom. The van der Waals surface area contributed by atoms with E-state index in [0.29, 0.717) is 6.42 Å². The lowest BCUT2D eigenvalue weighted by Gasteiger charge is -1.94. The average molecular weight is 214 g/mol. The summed E-state index contributed by atoms with van der Waals surface area (Å²) in [5.74, 6) is 5.63. The first-order chi connectivity index (χ1) is 7.83. The first kappa shape index (κ1) is 12.5. The lowest BCUT2D eigenvalue weighted by atomic mass is 10.1. The van der Waals surface area contributed by atoms with Crippen molar-refractivity contribution in [3.8, 4) is 11.8 Å². The van der Waals surface area contributed by atoms with Gasteiger partial charge in [0.25, 0.3) is 0 Å². The minimum absolute atomic E-state index is 0.0555. The quantitative estimate of drug-likeness (QED) is 0.541. The summed E-state index contributed by atoms with van der Waals surface area (Å²) >= 11 is 0. The van der Waals surface area contributed by atoms with E-state index in [1.807, 2.05) is 30.3 Å². The van der Waals surface area contributed by atoms with E-state index in [1.165, 1.54) is 12.8 Å². The third-order valence-electron chi connectivity index (χ3n) is 2.38. The topological polar surface area (TPSA) is 17.1 Å². The van der Waals surface area contributed by atoms with Crippen molar-refractivity contribution >= 4 is 5.78 Å². The van der Waals surface area contributed by atoms with Crippen molar-refractivity contribution in [1.29, 1.82) is 0 Å². The number of hydrogen-bond donors (Lipinski definition) is 0. The normalized spacial score (nSPS) is 9.31. The first-order valence-corrected chi connectivity index (χ1v) is 5.93. The number of benzene rings is 1. The second-order valence-electron chi connectivity index (χ2n) is 3.85. The second-order valence-corrected chi connectivity index (χ2v) is 3.85. The van der Waals surface area contributed by atoms with E-state index in [9.17, 15) is 4.79 Å². The second kappa shape index (κ2) is 7.70. The third kappa shape index (κ3) is 5.36. The highest BCUT2D eigenvalue weighted by Gasteiger charge is 1.96. The van der Waals surface area contributed by atoms with Crippen LogP contribution in [-0.2, 0) is 4.79 Å². The van der Waals surface area contributed by atoms with Gasteiger partial charge in [0.2, 0.25) is 5.78 Å². The standard InChI is InChI=1S/C15H18O/c1-2-3-4-8-11-15(16)13-12-14-9-6-5-7-10-14/h5-7,9-10H,2-4,8,11H2,1H3. The minimum Gasteiger partial charge on any atom is -0.285 e. The van der Waals surface area contributed by atoms with Crippen molar-refractivity contribution in [2.24, 2.45) is 0 Å². The largest absolute Gasteiger partial charge is 0.285 e. The maximum atomic E-state index is 11.4. The highest BCUT2D eigenvalue weighted by Crippen LogP contribution is 2.02. The smallest absolute Gasteiger partial charge is 0.205 e. The summed E-state index contributed by atoms with van der Waals surface area (Å²) in [5.41, 5.74) is 0.907. The molecule has 0 aliphatic carbocycles. The zero-order valence-electron chi connectivity index (χ0n) is 9.83. The van der Waals surface area contributed by atoms with Crippen LogP contribution in [-0.4, -0.2) is 5.78 Å². The Morgan fingerprint density at radius 1 is 1.12 bits per heavy atom. The Labute approximate surface area is 97.9 Å². The maximum Gasteiger partial charge on any atom is 0.205 e. The van der Waals surface area contributed by atoms with Gasteiger partial charge in [0.15, 0.2) is 0 Å². The van der Waals surface area contributed by atoms with Crippen molar-refractivity contribution in [2.75, 3.05) is 0 Å². The van der Waals surface area contributed by atoms with Crippen LogP contribution < -0.4 is 0 Å². The van der Waals surface area contributed by atoms with E-state index >= 15 is 0 Å². The van der Waals surface area contributed by atoms with Crippen LogP contribution in [0.2, 0.25) is 0 Å². The van der Waals surface area contributed by atoms with Crippen LogP contribution >= 0.6 is 0 Å². The molecule has 84 valence electrons.